The first-order valence-electron chi connectivity index (χ1n) is 5.62. The number of benzene rings is 1. The SMILES string of the molecule is CC(C1CC1)N(C)C(=O)c1cccc(Br)c1. The molecule has 1 amide bonds. The highest BCUT2D eigenvalue weighted by atomic mass is 79.9. The lowest BCUT2D eigenvalue weighted by Gasteiger charge is -2.25. The van der Waals surface area contributed by atoms with E-state index in [2.05, 4.69) is 22.9 Å². The molecule has 1 unspecified atom stereocenters. The highest BCUT2D eigenvalue weighted by molar-refractivity contribution is 9.10. The molecule has 16 heavy (non-hydrogen) atoms. The van der Waals surface area contributed by atoms with Gasteiger partial charge in [-0.3, -0.25) is 4.79 Å². The summed E-state index contributed by atoms with van der Waals surface area (Å²) in [6.07, 6.45) is 2.52. The standard InChI is InChI=1S/C13H16BrNO/c1-9(10-6-7-10)15(2)13(16)11-4-3-5-12(14)8-11/h3-5,8-10H,6-7H2,1-2H3. The average molecular weight is 282 g/mol. The van der Waals surface area contributed by atoms with Gasteiger partial charge in [0, 0.05) is 23.1 Å². The van der Waals surface area contributed by atoms with Crippen LogP contribution in [0.15, 0.2) is 28.7 Å². The molecule has 1 saturated carbocycles. The Morgan fingerprint density at radius 2 is 2.19 bits per heavy atom. The minimum absolute atomic E-state index is 0.112. The molecular formula is C13H16BrNO. The van der Waals surface area contributed by atoms with E-state index in [0.29, 0.717) is 12.0 Å². The number of halogens is 1. The zero-order chi connectivity index (χ0) is 11.7. The molecule has 0 bridgehead atoms. The van der Waals surface area contributed by atoms with Crippen LogP contribution >= 0.6 is 15.9 Å². The van der Waals surface area contributed by atoms with Gasteiger partial charge in [0.2, 0.25) is 0 Å². The van der Waals surface area contributed by atoms with E-state index in [0.717, 1.165) is 10.0 Å². The molecule has 2 nitrogen and oxygen atoms in total. The van der Waals surface area contributed by atoms with E-state index < -0.39 is 0 Å². The van der Waals surface area contributed by atoms with Crippen molar-refractivity contribution in [2.45, 2.75) is 25.8 Å². The van der Waals surface area contributed by atoms with Crippen LogP contribution in [0, 0.1) is 5.92 Å². The van der Waals surface area contributed by atoms with Gasteiger partial charge >= 0.3 is 0 Å². The second kappa shape index (κ2) is 4.58. The van der Waals surface area contributed by atoms with Crippen LogP contribution in [0.5, 0.6) is 0 Å². The zero-order valence-corrected chi connectivity index (χ0v) is 11.2. The number of nitrogens with zero attached hydrogens (tertiary/aromatic N) is 1. The molecule has 1 aliphatic rings. The smallest absolute Gasteiger partial charge is 0.253 e. The lowest BCUT2D eigenvalue weighted by atomic mass is 10.1. The second-order valence-electron chi connectivity index (χ2n) is 4.50. The molecule has 1 aliphatic carbocycles. The van der Waals surface area contributed by atoms with Crippen molar-refractivity contribution in [1.29, 1.82) is 0 Å². The molecule has 0 radical (unpaired) electrons. The monoisotopic (exact) mass is 281 g/mol. The Bertz CT molecular complexity index is 401. The summed E-state index contributed by atoms with van der Waals surface area (Å²) in [5, 5.41) is 0. The molecule has 1 aromatic rings. The van der Waals surface area contributed by atoms with Gasteiger partial charge in [-0.2, -0.15) is 0 Å². The van der Waals surface area contributed by atoms with Crippen molar-refractivity contribution in [3.63, 3.8) is 0 Å². The fourth-order valence-electron chi connectivity index (χ4n) is 1.90. The van der Waals surface area contributed by atoms with E-state index in [1.54, 1.807) is 0 Å². The van der Waals surface area contributed by atoms with Crippen molar-refractivity contribution in [2.24, 2.45) is 5.92 Å². The maximum absolute atomic E-state index is 12.2. The summed E-state index contributed by atoms with van der Waals surface area (Å²) in [7, 11) is 1.90. The zero-order valence-electron chi connectivity index (χ0n) is 9.61. The van der Waals surface area contributed by atoms with Crippen molar-refractivity contribution < 1.29 is 4.79 Å². The summed E-state index contributed by atoms with van der Waals surface area (Å²) in [5.41, 5.74) is 0.754. The minimum atomic E-state index is 0.112. The summed E-state index contributed by atoms with van der Waals surface area (Å²) in [5.74, 6) is 0.821. The number of hydrogen-bond acceptors (Lipinski definition) is 1. The molecule has 86 valence electrons. The van der Waals surface area contributed by atoms with Crippen LogP contribution in [0.3, 0.4) is 0 Å². The van der Waals surface area contributed by atoms with Gasteiger partial charge in [0.25, 0.3) is 5.91 Å². The summed E-state index contributed by atoms with van der Waals surface area (Å²) in [6.45, 7) is 2.13. The number of carbonyl (C=O) groups excluding carboxylic acids is 1. The van der Waals surface area contributed by atoms with Crippen LogP contribution in [-0.4, -0.2) is 23.9 Å². The quantitative estimate of drug-likeness (QED) is 0.832. The van der Waals surface area contributed by atoms with Gasteiger partial charge in [-0.25, -0.2) is 0 Å². The first-order valence-corrected chi connectivity index (χ1v) is 6.41. The van der Waals surface area contributed by atoms with Gasteiger partial charge in [0.05, 0.1) is 0 Å². The van der Waals surface area contributed by atoms with Gasteiger partial charge in [-0.15, -0.1) is 0 Å². The summed E-state index contributed by atoms with van der Waals surface area (Å²) >= 11 is 3.39. The summed E-state index contributed by atoms with van der Waals surface area (Å²) < 4.78 is 0.950. The molecule has 0 N–H and O–H groups in total. The molecule has 0 aromatic heterocycles. The van der Waals surface area contributed by atoms with E-state index in [-0.39, 0.29) is 5.91 Å². The second-order valence-corrected chi connectivity index (χ2v) is 5.42. The summed E-state index contributed by atoms with van der Waals surface area (Å²) in [4.78, 5) is 14.0. The van der Waals surface area contributed by atoms with Gasteiger partial charge in [0.15, 0.2) is 0 Å². The van der Waals surface area contributed by atoms with Crippen LogP contribution < -0.4 is 0 Å². The van der Waals surface area contributed by atoms with Gasteiger partial charge in [-0.1, -0.05) is 22.0 Å². The first kappa shape index (κ1) is 11.6. The molecule has 3 heteroatoms. The number of rotatable bonds is 3. The molecule has 1 aromatic carbocycles. The predicted octanol–water partition coefficient (Wildman–Crippen LogP) is 3.32. The van der Waals surface area contributed by atoms with E-state index in [4.69, 9.17) is 0 Å². The van der Waals surface area contributed by atoms with Crippen LogP contribution in [-0.2, 0) is 0 Å². The largest absolute Gasteiger partial charge is 0.339 e. The number of carbonyl (C=O) groups is 1. The van der Waals surface area contributed by atoms with E-state index in [9.17, 15) is 4.79 Å². The third-order valence-electron chi connectivity index (χ3n) is 3.31. The van der Waals surface area contributed by atoms with Crippen molar-refractivity contribution in [1.82, 2.24) is 4.90 Å². The van der Waals surface area contributed by atoms with E-state index in [1.165, 1.54) is 12.8 Å². The Morgan fingerprint density at radius 3 is 2.75 bits per heavy atom. The van der Waals surface area contributed by atoms with E-state index in [1.807, 2.05) is 36.2 Å². The lowest BCUT2D eigenvalue weighted by molar-refractivity contribution is 0.0727. The topological polar surface area (TPSA) is 20.3 Å². The Morgan fingerprint density at radius 1 is 1.50 bits per heavy atom. The molecular weight excluding hydrogens is 266 g/mol. The van der Waals surface area contributed by atoms with Crippen LogP contribution in [0.25, 0.3) is 0 Å². The molecule has 0 aliphatic heterocycles. The van der Waals surface area contributed by atoms with Gasteiger partial charge in [0.1, 0.15) is 0 Å². The van der Waals surface area contributed by atoms with Crippen molar-refractivity contribution in [3.8, 4) is 0 Å². The molecule has 2 rings (SSSR count). The minimum Gasteiger partial charge on any atom is -0.339 e. The molecule has 0 spiro atoms. The highest BCUT2D eigenvalue weighted by Crippen LogP contribution is 2.35. The van der Waals surface area contributed by atoms with Crippen LogP contribution in [0.4, 0.5) is 0 Å². The molecule has 0 heterocycles. The third-order valence-corrected chi connectivity index (χ3v) is 3.80. The van der Waals surface area contributed by atoms with Crippen molar-refractivity contribution in [3.05, 3.63) is 34.3 Å². The number of amides is 1. The molecule has 1 fully saturated rings. The molecule has 1 atom stereocenters. The molecule has 0 saturated heterocycles. The van der Waals surface area contributed by atoms with E-state index >= 15 is 0 Å². The van der Waals surface area contributed by atoms with Gasteiger partial charge in [-0.05, 0) is 43.9 Å². The maximum atomic E-state index is 12.2. The lowest BCUT2D eigenvalue weighted by Crippen LogP contribution is -2.36. The predicted molar refractivity (Wildman–Crippen MR) is 68.4 cm³/mol. The fraction of sp³-hybridized carbons (Fsp3) is 0.462. The third kappa shape index (κ3) is 2.46. The highest BCUT2D eigenvalue weighted by Gasteiger charge is 2.32. The summed E-state index contributed by atoms with van der Waals surface area (Å²) in [6, 6.07) is 7.92. The Balaban J connectivity index is 2.11. The maximum Gasteiger partial charge on any atom is 0.253 e. The first-order chi connectivity index (χ1) is 7.59. The average Bonchev–Trinajstić information content (AvgIpc) is 3.10. The van der Waals surface area contributed by atoms with Crippen molar-refractivity contribution >= 4 is 21.8 Å². The Hall–Kier alpha value is -0.830. The fourth-order valence-corrected chi connectivity index (χ4v) is 2.30. The number of hydrogen-bond donors (Lipinski definition) is 0. The van der Waals surface area contributed by atoms with Gasteiger partial charge < -0.3 is 4.90 Å². The normalized spacial score (nSPS) is 16.9. The van der Waals surface area contributed by atoms with Crippen LogP contribution in [0.2, 0.25) is 0 Å². The van der Waals surface area contributed by atoms with Crippen LogP contribution in [0.1, 0.15) is 30.1 Å². The Labute approximate surface area is 105 Å². The Kier molecular flexibility index (Phi) is 3.33. The van der Waals surface area contributed by atoms with Crippen molar-refractivity contribution in [2.75, 3.05) is 7.05 Å².